The number of carbonyl (C=O) groups excluding carboxylic acids is 19. The van der Waals surface area contributed by atoms with Crippen LogP contribution in [0.25, 0.3) is 0 Å². The lowest BCUT2D eigenvalue weighted by Crippen LogP contribution is -2.63. The van der Waals surface area contributed by atoms with E-state index in [9.17, 15) is 127 Å². The second kappa shape index (κ2) is 60.6. The molecule has 1 aromatic rings. The molecule has 2 saturated heterocycles. The highest BCUT2D eigenvalue weighted by Crippen LogP contribution is 2.25. The van der Waals surface area contributed by atoms with Gasteiger partial charge in [0.05, 0.1) is 38.4 Å². The Kier molecular flexibility index (Phi) is 52.7. The number of aliphatic hydroxyl groups is 4. The van der Waals surface area contributed by atoms with Crippen LogP contribution in [0.4, 0.5) is 0 Å². The smallest absolute Gasteiger partial charge is 0.326 e. The van der Waals surface area contributed by atoms with Gasteiger partial charge >= 0.3 is 11.9 Å². The number of nitrogens with two attached hydrogens (primary N) is 5. The van der Waals surface area contributed by atoms with Crippen LogP contribution in [0, 0.1) is 5.92 Å². The third kappa shape index (κ3) is 40.0. The first-order valence-corrected chi connectivity index (χ1v) is 45.0. The summed E-state index contributed by atoms with van der Waals surface area (Å²) in [6, 6.07) is -18.1. The van der Waals surface area contributed by atoms with Gasteiger partial charge in [-0.2, -0.15) is 25.3 Å². The first-order valence-electron chi connectivity index (χ1n) is 43.8. The average Bonchev–Trinajstić information content (AvgIpc) is 1.70. The van der Waals surface area contributed by atoms with E-state index in [2.05, 4.69) is 111 Å². The summed E-state index contributed by atoms with van der Waals surface area (Å²) >= 11 is 8.25. The molecule has 19 amide bonds. The number of amides is 19. The van der Waals surface area contributed by atoms with E-state index in [1.807, 2.05) is 0 Å². The zero-order valence-corrected chi connectivity index (χ0v) is 76.8. The van der Waals surface area contributed by atoms with Gasteiger partial charge in [-0.25, -0.2) is 10.2 Å². The van der Waals surface area contributed by atoms with Gasteiger partial charge in [-0.15, -0.1) is 0 Å². The number of hydrogen-bond donors (Lipinski definition) is 29. The summed E-state index contributed by atoms with van der Waals surface area (Å²) < 4.78 is 0. The molecule has 2 aliphatic heterocycles. The molecular weight excluding hydrogens is 1790 g/mol. The fourth-order valence-corrected chi connectivity index (χ4v) is 14.5. The quantitative estimate of drug-likeness (QED) is 0.0164. The number of primary amides is 2. The number of hydrazine groups is 1. The summed E-state index contributed by atoms with van der Waals surface area (Å²) in [5, 5.41) is 94.6. The fraction of sp³-hybridized carbons (Fsp3) is 0.667. The van der Waals surface area contributed by atoms with Crippen LogP contribution in [0.5, 0.6) is 0 Å². The summed E-state index contributed by atoms with van der Waals surface area (Å²) in [6.45, 7) is 3.97. The maximum atomic E-state index is 15.0. The Labute approximate surface area is 778 Å². The molecule has 50 nitrogen and oxygen atoms in total. The van der Waals surface area contributed by atoms with Crippen molar-refractivity contribution in [2.45, 2.75) is 272 Å². The van der Waals surface area contributed by atoms with Crippen molar-refractivity contribution in [2.24, 2.45) is 34.6 Å². The molecule has 3 rings (SSSR count). The lowest BCUT2D eigenvalue weighted by molar-refractivity contribution is -0.146. The van der Waals surface area contributed by atoms with E-state index in [1.165, 1.54) is 11.8 Å². The largest absolute Gasteiger partial charge is 0.481 e. The van der Waals surface area contributed by atoms with Crippen LogP contribution in [-0.4, -0.2) is 337 Å². The molecule has 1 aromatic carbocycles. The van der Waals surface area contributed by atoms with Crippen molar-refractivity contribution in [1.29, 1.82) is 0 Å². The molecule has 32 N–H and O–H groups in total. The summed E-state index contributed by atoms with van der Waals surface area (Å²) in [4.78, 5) is 288. The number of nitrogens with zero attached hydrogens (tertiary/aromatic N) is 2. The summed E-state index contributed by atoms with van der Waals surface area (Å²) in [5.41, 5.74) is 33.1. The predicted octanol–water partition coefficient (Wildman–Crippen LogP) is -11.2. The Morgan fingerprint density at radius 2 is 0.812 bits per heavy atom. The number of thiol groups is 2. The number of aliphatic carboxylic acids is 2. The molecule has 19 atom stereocenters. The van der Waals surface area contributed by atoms with Crippen molar-refractivity contribution in [2.75, 3.05) is 64.0 Å². The third-order valence-corrected chi connectivity index (χ3v) is 22.4. The monoisotopic (exact) mass is 1920 g/mol. The van der Waals surface area contributed by atoms with Gasteiger partial charge in [0.15, 0.2) is 0 Å². The molecule has 0 aromatic heterocycles. The van der Waals surface area contributed by atoms with Gasteiger partial charge in [-0.05, 0) is 135 Å². The topological polar surface area (TPSA) is 809 Å². The highest BCUT2D eigenvalue weighted by Gasteiger charge is 2.45. The van der Waals surface area contributed by atoms with Crippen molar-refractivity contribution < 1.29 is 131 Å². The Morgan fingerprint density at radius 1 is 0.436 bits per heavy atom. The number of carboxylic acid groups (broad SMARTS) is 2. The number of rotatable bonds is 63. The average molecular weight is 1930 g/mol. The molecule has 0 saturated carbocycles. The van der Waals surface area contributed by atoms with Gasteiger partial charge in [-0.3, -0.25) is 101 Å². The van der Waals surface area contributed by atoms with E-state index in [0.717, 1.165) is 18.7 Å². The van der Waals surface area contributed by atoms with Crippen LogP contribution in [0.1, 0.15) is 162 Å². The molecule has 0 bridgehead atoms. The standard InChI is InChI=1S/C81H133N23O27S2/c1-6-41(2)63(80(129)104-33-17-24-58(104)76(125)89-46(20-10-13-29-82)66(115)87-36-61(112)88-55(39-132)73(122)95-53(37-105)71(120)92-50(81(130)131)22-12-15-31-84)98-70(119)51(34-45-18-8-7-9-19-45)93-67(116)47(25-27-59(85)110)90-75(124)57-23-16-32-103(57)79(128)52(35-62(113)114)94-68(117)48(26-28-60(86)111)91-77(126)64(42(3)107)99-72(121)54(38-106)96-78(127)65(43(4)108)100-74(123)56(40-133)97-69(118)49(21-11-14-30-83)102-101-44(5)109/h7-9,18-19,41-43,46-58,63-65,102,105-108,132-133H,6,10-17,20-40,82-84H2,1-5H3,(H2,85,110)(H2,86,111)(H,87,115)(H,88,112)(H,89,125)(H,90,124)(H,91,126)(H,92,120)(H,93,116)(H,94,117)(H,95,122)(H,96,127)(H,97,118)(H,98,119)(H,99,121)(H,100,123)(H,101,109)(H,113,114)(H,130,131)/t41-,42+,43+,46-,47-,48-,49-,50-,51-,52-,53-,54-,55-,56-,57-,58-,63-,64-,65-/m0/s1. The zero-order chi connectivity index (χ0) is 99.9. The molecule has 746 valence electrons. The van der Waals surface area contributed by atoms with E-state index in [0.29, 0.717) is 37.7 Å². The van der Waals surface area contributed by atoms with E-state index in [4.69, 9.17) is 28.7 Å². The van der Waals surface area contributed by atoms with E-state index in [1.54, 1.807) is 44.2 Å². The first-order chi connectivity index (χ1) is 63.0. The number of nitrogens with one attached hydrogen (secondary N) is 16. The van der Waals surface area contributed by atoms with Crippen LogP contribution >= 0.6 is 25.3 Å². The fourth-order valence-electron chi connectivity index (χ4n) is 14.0. The van der Waals surface area contributed by atoms with Gasteiger partial charge < -0.3 is 144 Å². The zero-order valence-electron chi connectivity index (χ0n) is 75.0. The number of hydrogen-bond acceptors (Lipinski definition) is 31. The van der Waals surface area contributed by atoms with Gasteiger partial charge in [0.1, 0.15) is 96.7 Å². The number of aliphatic hydroxyl groups excluding tert-OH is 4. The number of unbranched alkanes of at least 4 members (excludes halogenated alkanes) is 3. The summed E-state index contributed by atoms with van der Waals surface area (Å²) in [6.07, 6.45) is -4.74. The Bertz CT molecular complexity index is 4130. The van der Waals surface area contributed by atoms with Crippen LogP contribution in [0.3, 0.4) is 0 Å². The molecule has 0 aliphatic carbocycles. The highest BCUT2D eigenvalue weighted by atomic mass is 32.1. The van der Waals surface area contributed by atoms with Crippen molar-refractivity contribution in [1.82, 2.24) is 95.1 Å². The third-order valence-electron chi connectivity index (χ3n) is 21.6. The van der Waals surface area contributed by atoms with E-state index >= 15 is 4.79 Å². The maximum Gasteiger partial charge on any atom is 0.326 e. The maximum absolute atomic E-state index is 15.0. The van der Waals surface area contributed by atoms with Crippen molar-refractivity contribution in [3.05, 3.63) is 35.9 Å². The van der Waals surface area contributed by atoms with Crippen LogP contribution in [0.2, 0.25) is 0 Å². The number of benzene rings is 1. The van der Waals surface area contributed by atoms with Gasteiger partial charge in [0.25, 0.3) is 0 Å². The molecule has 0 radical (unpaired) electrons. The number of carbonyl (C=O) groups is 21. The molecule has 2 heterocycles. The molecule has 133 heavy (non-hydrogen) atoms. The summed E-state index contributed by atoms with van der Waals surface area (Å²) in [5.74, 6) is -24.3. The minimum absolute atomic E-state index is 0.000399. The molecule has 52 heteroatoms. The number of carboxylic acids is 2. The van der Waals surface area contributed by atoms with Crippen LogP contribution in [0.15, 0.2) is 30.3 Å². The van der Waals surface area contributed by atoms with E-state index in [-0.39, 0.29) is 108 Å². The summed E-state index contributed by atoms with van der Waals surface area (Å²) in [7, 11) is 0. The molecule has 0 spiro atoms. The number of likely N-dealkylation sites (tertiary alicyclic amines) is 2. The van der Waals surface area contributed by atoms with Crippen LogP contribution < -0.4 is 114 Å². The first kappa shape index (κ1) is 116. The second-order valence-electron chi connectivity index (χ2n) is 32.2. The van der Waals surface area contributed by atoms with Crippen LogP contribution in [-0.2, 0) is 107 Å². The van der Waals surface area contributed by atoms with Gasteiger partial charge in [-0.1, -0.05) is 57.0 Å². The highest BCUT2D eigenvalue weighted by molar-refractivity contribution is 7.80. The predicted molar refractivity (Wildman–Crippen MR) is 479 cm³/mol. The Balaban J connectivity index is 1.88. The minimum Gasteiger partial charge on any atom is -0.481 e. The minimum atomic E-state index is -2.12. The van der Waals surface area contributed by atoms with Gasteiger partial charge in [0.2, 0.25) is 112 Å². The van der Waals surface area contributed by atoms with Crippen molar-refractivity contribution in [3.8, 4) is 0 Å². The lowest BCUT2D eigenvalue weighted by atomic mass is 9.96. The Hall–Kier alpha value is -11.5. The normalized spacial score (nSPS) is 17.3. The molecule has 2 aliphatic rings. The van der Waals surface area contributed by atoms with Crippen molar-refractivity contribution in [3.63, 3.8) is 0 Å². The van der Waals surface area contributed by atoms with Crippen molar-refractivity contribution >= 4 is 149 Å². The SMILES string of the molecule is CC[C@H](C)[C@H](NC(=O)[C@H](Cc1ccccc1)NC(=O)[C@H](CCC(N)=O)NC(=O)[C@@H]1CCCN1C(=O)[C@H](CC(=O)O)NC(=O)[C@H](CCC(N)=O)NC(=O)[C@@H](NC(=O)[C@H](CO)NC(=O)[C@@H](NC(=O)[C@H](CS)NC(=O)[C@H](CCCCN)NNC(C)=O)[C@@H](C)O)[C@@H](C)O)C(=O)N1CCC[C@H]1C(=O)N[C@@H](CCCCN)C(=O)NCC(=O)N[C@@H](CS)C(=O)N[C@@H](CO)C(=O)N[C@@H](CCCCN)C(=O)O. The molecule has 0 unspecified atom stereocenters. The van der Waals surface area contributed by atoms with Gasteiger partial charge in [0, 0.05) is 50.8 Å². The molecular formula is C81H133N23O27S2. The van der Waals surface area contributed by atoms with E-state index < -0.39 is 291 Å². The lowest BCUT2D eigenvalue weighted by Gasteiger charge is -2.33. The second-order valence-corrected chi connectivity index (χ2v) is 32.9. The molecule has 2 fully saturated rings. The Morgan fingerprint density at radius 3 is 1.26 bits per heavy atom.